The fourth-order valence-corrected chi connectivity index (χ4v) is 1.29. The highest BCUT2D eigenvalue weighted by atomic mass is 19.1. The summed E-state index contributed by atoms with van der Waals surface area (Å²) in [5.41, 5.74) is 0.415. The summed E-state index contributed by atoms with van der Waals surface area (Å²) in [6.07, 6.45) is 0. The first-order chi connectivity index (χ1) is 6.65. The molecule has 14 heavy (non-hydrogen) atoms. The van der Waals surface area contributed by atoms with Crippen molar-refractivity contribution in [1.29, 1.82) is 0 Å². The molecule has 0 amide bonds. The minimum atomic E-state index is -0.375. The smallest absolute Gasteiger partial charge is 0.179 e. The maximum atomic E-state index is 12.8. The van der Waals surface area contributed by atoms with E-state index >= 15 is 0 Å². The predicted octanol–water partition coefficient (Wildman–Crippen LogP) is 2.01. The van der Waals surface area contributed by atoms with Crippen LogP contribution in [0.25, 0.3) is 0 Å². The second kappa shape index (κ2) is 4.86. The molecule has 1 atom stereocenters. The van der Waals surface area contributed by atoms with Crippen LogP contribution in [0.1, 0.15) is 24.2 Å². The van der Waals surface area contributed by atoms with Gasteiger partial charge in [-0.15, -0.1) is 0 Å². The lowest BCUT2D eigenvalue weighted by atomic mass is 10.1. The van der Waals surface area contributed by atoms with Gasteiger partial charge < -0.3 is 5.32 Å². The zero-order chi connectivity index (χ0) is 10.6. The van der Waals surface area contributed by atoms with E-state index in [1.54, 1.807) is 19.1 Å². The van der Waals surface area contributed by atoms with Crippen molar-refractivity contribution in [3.8, 4) is 0 Å². The van der Waals surface area contributed by atoms with Crippen LogP contribution in [-0.2, 0) is 0 Å². The van der Waals surface area contributed by atoms with Crippen LogP contribution >= 0.6 is 0 Å². The number of rotatable bonds is 4. The molecule has 0 aromatic heterocycles. The second-order valence-electron chi connectivity index (χ2n) is 3.15. The summed E-state index contributed by atoms with van der Waals surface area (Å²) in [7, 11) is 0. The van der Waals surface area contributed by atoms with Crippen molar-refractivity contribution in [2.45, 2.75) is 19.9 Å². The molecule has 0 unspecified atom stereocenters. The zero-order valence-corrected chi connectivity index (χ0v) is 8.38. The number of carbonyl (C=O) groups is 1. The van der Waals surface area contributed by atoms with Crippen LogP contribution in [0.2, 0.25) is 0 Å². The molecule has 0 heterocycles. The van der Waals surface area contributed by atoms with Crippen molar-refractivity contribution in [2.24, 2.45) is 0 Å². The summed E-state index contributed by atoms with van der Waals surface area (Å²) >= 11 is 0. The number of nitrogens with one attached hydrogen (secondary N) is 1. The molecule has 1 aromatic rings. The Kier molecular flexibility index (Phi) is 3.77. The third kappa shape index (κ3) is 2.64. The van der Waals surface area contributed by atoms with Crippen LogP contribution < -0.4 is 5.32 Å². The summed E-state index contributed by atoms with van der Waals surface area (Å²) in [5, 5.41) is 2.99. The van der Waals surface area contributed by atoms with Crippen molar-refractivity contribution >= 4 is 5.78 Å². The molecule has 0 fully saturated rings. The molecule has 0 aliphatic rings. The Morgan fingerprint density at radius 2 is 2.29 bits per heavy atom. The molecule has 0 aliphatic carbocycles. The maximum absolute atomic E-state index is 12.8. The molecule has 3 heteroatoms. The molecular formula is C11H14FNO. The first-order valence-electron chi connectivity index (χ1n) is 4.68. The van der Waals surface area contributed by atoms with Gasteiger partial charge in [-0.05, 0) is 25.6 Å². The van der Waals surface area contributed by atoms with Crippen molar-refractivity contribution in [2.75, 3.05) is 6.54 Å². The highest BCUT2D eigenvalue weighted by molar-refractivity contribution is 5.99. The van der Waals surface area contributed by atoms with Crippen LogP contribution in [0.5, 0.6) is 0 Å². The summed E-state index contributed by atoms with van der Waals surface area (Å²) < 4.78 is 12.8. The van der Waals surface area contributed by atoms with Crippen LogP contribution in [0.15, 0.2) is 24.3 Å². The summed E-state index contributed by atoms with van der Waals surface area (Å²) in [4.78, 5) is 11.7. The Morgan fingerprint density at radius 1 is 1.57 bits per heavy atom. The van der Waals surface area contributed by atoms with Gasteiger partial charge in [-0.3, -0.25) is 4.79 Å². The van der Waals surface area contributed by atoms with E-state index in [-0.39, 0.29) is 17.6 Å². The number of halogens is 1. The average molecular weight is 195 g/mol. The van der Waals surface area contributed by atoms with E-state index in [1.165, 1.54) is 12.1 Å². The van der Waals surface area contributed by atoms with Gasteiger partial charge in [0.1, 0.15) is 5.82 Å². The minimum absolute atomic E-state index is 0.0775. The highest BCUT2D eigenvalue weighted by Crippen LogP contribution is 2.06. The zero-order valence-electron chi connectivity index (χ0n) is 8.38. The lowest BCUT2D eigenvalue weighted by molar-refractivity contribution is 0.0951. The quantitative estimate of drug-likeness (QED) is 0.744. The molecule has 1 aromatic carbocycles. The predicted molar refractivity (Wildman–Crippen MR) is 53.9 cm³/mol. The van der Waals surface area contributed by atoms with Crippen LogP contribution in [0.3, 0.4) is 0 Å². The molecule has 0 radical (unpaired) electrons. The Bertz CT molecular complexity index is 325. The third-order valence-corrected chi connectivity index (χ3v) is 2.01. The second-order valence-corrected chi connectivity index (χ2v) is 3.15. The Labute approximate surface area is 83.1 Å². The molecule has 0 saturated carbocycles. The molecule has 1 N–H and O–H groups in total. The highest BCUT2D eigenvalue weighted by Gasteiger charge is 2.13. The molecule has 2 nitrogen and oxygen atoms in total. The van der Waals surface area contributed by atoms with Gasteiger partial charge in [-0.2, -0.15) is 0 Å². The first-order valence-corrected chi connectivity index (χ1v) is 4.68. The number of benzene rings is 1. The van der Waals surface area contributed by atoms with Crippen LogP contribution in [0, 0.1) is 5.82 Å². The van der Waals surface area contributed by atoms with Crippen LogP contribution in [0.4, 0.5) is 4.39 Å². The maximum Gasteiger partial charge on any atom is 0.179 e. The Morgan fingerprint density at radius 3 is 2.86 bits per heavy atom. The molecule has 0 aliphatic heterocycles. The number of hydrogen-bond donors (Lipinski definition) is 1. The lowest BCUT2D eigenvalue weighted by Gasteiger charge is -2.10. The van der Waals surface area contributed by atoms with Gasteiger partial charge in [0.05, 0.1) is 6.04 Å². The number of ketones is 1. The third-order valence-electron chi connectivity index (χ3n) is 2.01. The van der Waals surface area contributed by atoms with Crippen molar-refractivity contribution in [3.05, 3.63) is 35.6 Å². The van der Waals surface area contributed by atoms with Gasteiger partial charge >= 0.3 is 0 Å². The van der Waals surface area contributed by atoms with Gasteiger partial charge in [0.15, 0.2) is 5.78 Å². The van der Waals surface area contributed by atoms with E-state index in [2.05, 4.69) is 5.32 Å². The van der Waals surface area contributed by atoms with E-state index in [1.807, 2.05) is 6.92 Å². The van der Waals surface area contributed by atoms with E-state index in [4.69, 9.17) is 0 Å². The molecule has 0 bridgehead atoms. The molecular weight excluding hydrogens is 181 g/mol. The fraction of sp³-hybridized carbons (Fsp3) is 0.364. The van der Waals surface area contributed by atoms with Gasteiger partial charge in [-0.1, -0.05) is 19.1 Å². The Balaban J connectivity index is 2.78. The van der Waals surface area contributed by atoms with Crippen molar-refractivity contribution in [3.63, 3.8) is 0 Å². The van der Waals surface area contributed by atoms with Gasteiger partial charge in [0.25, 0.3) is 0 Å². The number of hydrogen-bond acceptors (Lipinski definition) is 2. The first kappa shape index (κ1) is 10.9. The Hall–Kier alpha value is -1.22. The van der Waals surface area contributed by atoms with Crippen molar-refractivity contribution in [1.82, 2.24) is 5.32 Å². The van der Waals surface area contributed by atoms with Gasteiger partial charge in [-0.25, -0.2) is 4.39 Å². The van der Waals surface area contributed by atoms with E-state index in [0.29, 0.717) is 5.56 Å². The number of likely N-dealkylation sites (N-methyl/N-ethyl adjacent to an activating group) is 1. The summed E-state index contributed by atoms with van der Waals surface area (Å²) in [6, 6.07) is 5.49. The van der Waals surface area contributed by atoms with Crippen LogP contribution in [-0.4, -0.2) is 18.4 Å². The average Bonchev–Trinajstić information content (AvgIpc) is 2.17. The normalized spacial score (nSPS) is 12.5. The summed E-state index contributed by atoms with van der Waals surface area (Å²) in [6.45, 7) is 4.42. The molecule has 0 saturated heterocycles. The van der Waals surface area contributed by atoms with Crippen molar-refractivity contribution < 1.29 is 9.18 Å². The van der Waals surface area contributed by atoms with E-state index < -0.39 is 0 Å². The number of carbonyl (C=O) groups excluding carboxylic acids is 1. The minimum Gasteiger partial charge on any atom is -0.308 e. The largest absolute Gasteiger partial charge is 0.308 e. The monoisotopic (exact) mass is 195 g/mol. The standard InChI is InChI=1S/C11H14FNO/c1-3-13-8(2)11(14)9-5-4-6-10(12)7-9/h4-8,13H,3H2,1-2H3/t8-/m1/s1. The number of Topliss-reactive ketones (excluding diaryl/α,β-unsaturated/α-hetero) is 1. The molecule has 1 rings (SSSR count). The summed E-state index contributed by atoms with van der Waals surface area (Å²) in [5.74, 6) is -0.453. The van der Waals surface area contributed by atoms with Gasteiger partial charge in [0, 0.05) is 5.56 Å². The van der Waals surface area contributed by atoms with Gasteiger partial charge in [0.2, 0.25) is 0 Å². The molecule has 0 spiro atoms. The SMILES string of the molecule is CCN[C@H](C)C(=O)c1cccc(F)c1. The molecule has 76 valence electrons. The fourth-order valence-electron chi connectivity index (χ4n) is 1.29. The van der Waals surface area contributed by atoms with E-state index in [0.717, 1.165) is 6.54 Å². The van der Waals surface area contributed by atoms with E-state index in [9.17, 15) is 9.18 Å². The topological polar surface area (TPSA) is 29.1 Å². The lowest BCUT2D eigenvalue weighted by Crippen LogP contribution is -2.33.